The van der Waals surface area contributed by atoms with Crippen LogP contribution in [0.1, 0.15) is 89.7 Å². The lowest BCUT2D eigenvalue weighted by atomic mass is 9.81. The Balaban J connectivity index is 1.79. The topological polar surface area (TPSA) is 72.9 Å². The highest BCUT2D eigenvalue weighted by Gasteiger charge is 2.51. The second-order valence-electron chi connectivity index (χ2n) is 9.59. The summed E-state index contributed by atoms with van der Waals surface area (Å²) >= 11 is 0. The third kappa shape index (κ3) is 4.34. The van der Waals surface area contributed by atoms with E-state index < -0.39 is 6.23 Å². The van der Waals surface area contributed by atoms with Gasteiger partial charge in [0.05, 0.1) is 5.54 Å². The van der Waals surface area contributed by atoms with Gasteiger partial charge in [0.25, 0.3) is 0 Å². The summed E-state index contributed by atoms with van der Waals surface area (Å²) < 4.78 is 0. The molecule has 0 bridgehead atoms. The van der Waals surface area contributed by atoms with Gasteiger partial charge in [-0.25, -0.2) is 4.79 Å². The highest BCUT2D eigenvalue weighted by Crippen LogP contribution is 2.40. The molecular weight excluding hydrogens is 378 g/mol. The van der Waals surface area contributed by atoms with Gasteiger partial charge < -0.3 is 15.3 Å². The Labute approximate surface area is 180 Å². The Hall–Kier alpha value is -2.08. The summed E-state index contributed by atoms with van der Waals surface area (Å²) in [6, 6.07) is 5.92. The van der Waals surface area contributed by atoms with Gasteiger partial charge in [-0.1, -0.05) is 65.2 Å². The lowest BCUT2D eigenvalue weighted by Crippen LogP contribution is -2.52. The van der Waals surface area contributed by atoms with Crippen molar-refractivity contribution in [1.82, 2.24) is 9.80 Å². The van der Waals surface area contributed by atoms with E-state index in [2.05, 4.69) is 45.1 Å². The average Bonchev–Trinajstić information content (AvgIpc) is 2.92. The fourth-order valence-electron chi connectivity index (χ4n) is 5.19. The predicted octanol–water partition coefficient (Wildman–Crippen LogP) is 4.65. The summed E-state index contributed by atoms with van der Waals surface area (Å²) in [6.45, 7) is 10.6. The number of anilines is 1. The first-order chi connectivity index (χ1) is 14.2. The Kier molecular flexibility index (Phi) is 6.75. The minimum atomic E-state index is -0.849. The Morgan fingerprint density at radius 3 is 2.13 bits per heavy atom. The number of nitrogens with zero attached hydrogens (tertiary/aromatic N) is 2. The van der Waals surface area contributed by atoms with E-state index in [1.165, 1.54) is 0 Å². The molecule has 1 aromatic rings. The number of aliphatic hydroxyl groups excluding tert-OH is 1. The quantitative estimate of drug-likeness (QED) is 0.710. The molecule has 1 heterocycles. The van der Waals surface area contributed by atoms with Crippen LogP contribution < -0.4 is 5.32 Å². The van der Waals surface area contributed by atoms with Crippen LogP contribution in [0.15, 0.2) is 18.2 Å². The first kappa shape index (κ1) is 22.6. The number of aliphatic hydroxyl groups is 1. The Morgan fingerprint density at radius 1 is 1.07 bits per heavy atom. The SMILES string of the molecule is CC(C)c1cccc(C(C)C)c1NC(=O)CN1CC2(CCCCC2)N(C(C)O)C1=O. The third-order valence-corrected chi connectivity index (χ3v) is 6.60. The zero-order valence-electron chi connectivity index (χ0n) is 19.1. The second kappa shape index (κ2) is 8.96. The highest BCUT2D eigenvalue weighted by molar-refractivity contribution is 5.96. The van der Waals surface area contributed by atoms with Gasteiger partial charge in [-0.15, -0.1) is 0 Å². The molecule has 6 nitrogen and oxygen atoms in total. The molecule has 1 aliphatic carbocycles. The Morgan fingerprint density at radius 2 is 1.63 bits per heavy atom. The van der Waals surface area contributed by atoms with Crippen molar-refractivity contribution in [1.29, 1.82) is 0 Å². The normalized spacial score (nSPS) is 19.8. The van der Waals surface area contributed by atoms with Crippen molar-refractivity contribution in [3.63, 3.8) is 0 Å². The van der Waals surface area contributed by atoms with Gasteiger partial charge in [-0.3, -0.25) is 9.69 Å². The molecule has 1 atom stereocenters. The molecule has 1 unspecified atom stereocenters. The van der Waals surface area contributed by atoms with Crippen LogP contribution in [-0.4, -0.2) is 51.7 Å². The molecule has 1 spiro atoms. The molecule has 1 aliphatic heterocycles. The smallest absolute Gasteiger partial charge is 0.323 e. The number of carbonyl (C=O) groups is 2. The van der Waals surface area contributed by atoms with E-state index in [9.17, 15) is 14.7 Å². The van der Waals surface area contributed by atoms with Crippen LogP contribution in [0.2, 0.25) is 0 Å². The second-order valence-corrected chi connectivity index (χ2v) is 9.59. The summed E-state index contributed by atoms with van der Waals surface area (Å²) in [4.78, 5) is 29.3. The third-order valence-electron chi connectivity index (χ3n) is 6.60. The zero-order valence-corrected chi connectivity index (χ0v) is 19.1. The van der Waals surface area contributed by atoms with Crippen molar-refractivity contribution < 1.29 is 14.7 Å². The van der Waals surface area contributed by atoms with Gasteiger partial charge in [0.15, 0.2) is 0 Å². The maximum Gasteiger partial charge on any atom is 0.323 e. The van der Waals surface area contributed by atoms with Crippen LogP contribution >= 0.6 is 0 Å². The van der Waals surface area contributed by atoms with Crippen molar-refractivity contribution in [3.8, 4) is 0 Å². The van der Waals surface area contributed by atoms with Crippen LogP contribution in [-0.2, 0) is 4.79 Å². The molecule has 1 saturated heterocycles. The molecule has 3 rings (SSSR count). The molecule has 0 radical (unpaired) electrons. The molecule has 2 aliphatic rings. The fourth-order valence-corrected chi connectivity index (χ4v) is 5.19. The van der Waals surface area contributed by atoms with Crippen molar-refractivity contribution >= 4 is 17.6 Å². The number of amides is 3. The van der Waals surface area contributed by atoms with E-state index in [1.807, 2.05) is 6.07 Å². The van der Waals surface area contributed by atoms with Crippen LogP contribution in [0, 0.1) is 0 Å². The van der Waals surface area contributed by atoms with E-state index in [4.69, 9.17) is 0 Å². The van der Waals surface area contributed by atoms with Gasteiger partial charge in [-0.2, -0.15) is 0 Å². The fraction of sp³-hybridized carbons (Fsp3) is 0.667. The number of benzene rings is 1. The minimum Gasteiger partial charge on any atom is -0.374 e. The summed E-state index contributed by atoms with van der Waals surface area (Å²) in [7, 11) is 0. The molecule has 30 heavy (non-hydrogen) atoms. The molecule has 1 saturated carbocycles. The summed E-state index contributed by atoms with van der Waals surface area (Å²) in [5.74, 6) is 0.379. The van der Waals surface area contributed by atoms with Crippen LogP contribution in [0.25, 0.3) is 0 Å². The lowest BCUT2D eigenvalue weighted by Gasteiger charge is -2.41. The molecule has 166 valence electrons. The predicted molar refractivity (Wildman–Crippen MR) is 120 cm³/mol. The van der Waals surface area contributed by atoms with Crippen molar-refractivity contribution in [2.45, 2.75) is 90.3 Å². The van der Waals surface area contributed by atoms with Crippen molar-refractivity contribution in [3.05, 3.63) is 29.3 Å². The molecular formula is C24H37N3O3. The first-order valence-corrected chi connectivity index (χ1v) is 11.4. The number of urea groups is 1. The number of carbonyl (C=O) groups excluding carboxylic acids is 2. The first-order valence-electron chi connectivity index (χ1n) is 11.4. The van der Waals surface area contributed by atoms with Crippen molar-refractivity contribution in [2.24, 2.45) is 0 Å². The minimum absolute atomic E-state index is 0.00771. The van der Waals surface area contributed by atoms with E-state index in [1.54, 1.807) is 16.7 Å². The zero-order chi connectivity index (χ0) is 22.1. The maximum absolute atomic E-state index is 13.1. The number of hydrogen-bond acceptors (Lipinski definition) is 3. The molecule has 6 heteroatoms. The van der Waals surface area contributed by atoms with E-state index in [-0.39, 0.29) is 35.9 Å². The van der Waals surface area contributed by atoms with Gasteiger partial charge in [0, 0.05) is 12.2 Å². The van der Waals surface area contributed by atoms with Crippen LogP contribution in [0.4, 0.5) is 10.5 Å². The largest absolute Gasteiger partial charge is 0.374 e. The van der Waals surface area contributed by atoms with Crippen LogP contribution in [0.3, 0.4) is 0 Å². The number of nitrogens with one attached hydrogen (secondary N) is 1. The number of hydrogen-bond donors (Lipinski definition) is 2. The molecule has 2 N–H and O–H groups in total. The van der Waals surface area contributed by atoms with Gasteiger partial charge >= 0.3 is 6.03 Å². The van der Waals surface area contributed by atoms with Gasteiger partial charge in [0.2, 0.25) is 5.91 Å². The van der Waals surface area contributed by atoms with E-state index >= 15 is 0 Å². The van der Waals surface area contributed by atoms with Crippen LogP contribution in [0.5, 0.6) is 0 Å². The number of rotatable bonds is 6. The summed E-state index contributed by atoms with van der Waals surface area (Å²) in [6.07, 6.45) is 4.18. The number of para-hydroxylation sites is 1. The van der Waals surface area contributed by atoms with Crippen molar-refractivity contribution in [2.75, 3.05) is 18.4 Å². The molecule has 3 amide bonds. The average molecular weight is 416 g/mol. The summed E-state index contributed by atoms with van der Waals surface area (Å²) in [5, 5.41) is 13.4. The molecule has 2 fully saturated rings. The maximum atomic E-state index is 13.1. The van der Waals surface area contributed by atoms with Gasteiger partial charge in [-0.05, 0) is 42.7 Å². The standard InChI is InChI=1S/C24H37N3O3/c1-16(2)19-10-9-11-20(17(3)4)22(19)25-21(29)14-26-15-24(12-7-6-8-13-24)27(18(5)28)23(26)30/h9-11,16-18,28H,6-8,12-15H2,1-5H3,(H,25,29). The lowest BCUT2D eigenvalue weighted by molar-refractivity contribution is -0.116. The summed E-state index contributed by atoms with van der Waals surface area (Å²) in [5.41, 5.74) is 2.75. The van der Waals surface area contributed by atoms with Gasteiger partial charge in [0.1, 0.15) is 12.8 Å². The van der Waals surface area contributed by atoms with E-state index in [0.717, 1.165) is 48.9 Å². The molecule has 1 aromatic carbocycles. The monoisotopic (exact) mass is 415 g/mol. The highest BCUT2D eigenvalue weighted by atomic mass is 16.3. The molecule has 0 aromatic heterocycles. The van der Waals surface area contributed by atoms with E-state index in [0.29, 0.717) is 6.54 Å². The Bertz CT molecular complexity index is 756.